The highest BCUT2D eigenvalue weighted by Gasteiger charge is 2.47. The normalized spacial score (nSPS) is 35.6. The summed E-state index contributed by atoms with van der Waals surface area (Å²) in [5.74, 6) is -0.678. The molecule has 4 heteroatoms. The zero-order chi connectivity index (χ0) is 13.2. The van der Waals surface area contributed by atoms with Crippen molar-refractivity contribution >= 4 is 5.97 Å². The second kappa shape index (κ2) is 5.57. The maximum atomic E-state index is 11.7. The van der Waals surface area contributed by atoms with Gasteiger partial charge in [-0.1, -0.05) is 25.7 Å². The molecule has 1 aliphatic carbocycles. The Labute approximate surface area is 110 Å². The van der Waals surface area contributed by atoms with Gasteiger partial charge in [0.05, 0.1) is 0 Å². The molecule has 1 heterocycles. The minimum atomic E-state index is -0.719. The van der Waals surface area contributed by atoms with Crippen LogP contribution in [0.4, 0.5) is 0 Å². The van der Waals surface area contributed by atoms with Gasteiger partial charge in [-0.25, -0.2) is 0 Å². The summed E-state index contributed by atoms with van der Waals surface area (Å²) in [5.41, 5.74) is -0.719. The number of likely N-dealkylation sites (tertiary alicyclic amines) is 1. The number of nitrogens with zero attached hydrogens (tertiary/aromatic N) is 1. The molecule has 2 aliphatic rings. The molecular weight excluding hydrogens is 228 g/mol. The van der Waals surface area contributed by atoms with Crippen LogP contribution in [-0.4, -0.2) is 47.2 Å². The van der Waals surface area contributed by atoms with Gasteiger partial charge in [0.2, 0.25) is 0 Å². The molecule has 0 aromatic rings. The van der Waals surface area contributed by atoms with Crippen molar-refractivity contribution < 1.29 is 9.90 Å². The lowest BCUT2D eigenvalue weighted by Gasteiger charge is -2.31. The summed E-state index contributed by atoms with van der Waals surface area (Å²) < 4.78 is 0. The Kier molecular flexibility index (Phi) is 4.28. The van der Waals surface area contributed by atoms with Gasteiger partial charge in [0.25, 0.3) is 0 Å². The molecule has 18 heavy (non-hydrogen) atoms. The predicted molar refractivity (Wildman–Crippen MR) is 71.7 cm³/mol. The monoisotopic (exact) mass is 254 g/mol. The van der Waals surface area contributed by atoms with Crippen LogP contribution in [0.2, 0.25) is 0 Å². The van der Waals surface area contributed by atoms with Crippen LogP contribution in [0.1, 0.15) is 51.9 Å². The lowest BCUT2D eigenvalue weighted by Crippen LogP contribution is -2.57. The van der Waals surface area contributed by atoms with Crippen molar-refractivity contribution in [2.24, 2.45) is 0 Å². The summed E-state index contributed by atoms with van der Waals surface area (Å²) in [4.78, 5) is 13.8. The average Bonchev–Trinajstić information content (AvgIpc) is 2.52. The van der Waals surface area contributed by atoms with Crippen molar-refractivity contribution in [3.05, 3.63) is 0 Å². The summed E-state index contributed by atoms with van der Waals surface area (Å²) in [7, 11) is 2.02. The first-order valence-corrected chi connectivity index (χ1v) is 7.25. The van der Waals surface area contributed by atoms with E-state index in [2.05, 4.69) is 17.1 Å². The molecule has 0 spiro atoms. The van der Waals surface area contributed by atoms with Gasteiger partial charge in [-0.05, 0) is 33.2 Å². The predicted octanol–water partition coefficient (Wildman–Crippen LogP) is 1.85. The molecule has 2 rings (SSSR count). The number of carbonyl (C=O) groups is 1. The van der Waals surface area contributed by atoms with E-state index in [1.807, 2.05) is 7.05 Å². The van der Waals surface area contributed by atoms with Crippen LogP contribution in [0.15, 0.2) is 0 Å². The molecule has 2 N–H and O–H groups in total. The van der Waals surface area contributed by atoms with E-state index in [0.717, 1.165) is 19.3 Å². The Hall–Kier alpha value is -0.610. The van der Waals surface area contributed by atoms with Crippen LogP contribution in [0.3, 0.4) is 0 Å². The Bertz CT molecular complexity index is 288. The topological polar surface area (TPSA) is 52.6 Å². The minimum Gasteiger partial charge on any atom is -0.480 e. The van der Waals surface area contributed by atoms with E-state index in [9.17, 15) is 9.90 Å². The first kappa shape index (κ1) is 13.8. The number of likely N-dealkylation sites (N-methyl/N-ethyl adjacent to an activating group) is 1. The van der Waals surface area contributed by atoms with Crippen molar-refractivity contribution in [3.8, 4) is 0 Å². The SMILES string of the molecule is CC1CC(NC2CCCCCC2)(C(=O)O)CN1C. The number of carboxylic acids is 1. The molecule has 1 aliphatic heterocycles. The zero-order valence-corrected chi connectivity index (χ0v) is 11.6. The first-order chi connectivity index (χ1) is 8.53. The molecule has 2 fully saturated rings. The second-order valence-electron chi connectivity index (χ2n) is 6.19. The fourth-order valence-electron chi connectivity index (χ4n) is 3.44. The third kappa shape index (κ3) is 2.86. The maximum Gasteiger partial charge on any atom is 0.325 e. The second-order valence-corrected chi connectivity index (χ2v) is 6.19. The van der Waals surface area contributed by atoms with Crippen molar-refractivity contribution in [1.29, 1.82) is 0 Å². The number of hydrogen-bond acceptors (Lipinski definition) is 3. The quantitative estimate of drug-likeness (QED) is 0.755. The first-order valence-electron chi connectivity index (χ1n) is 7.25. The van der Waals surface area contributed by atoms with Gasteiger partial charge in [-0.3, -0.25) is 10.1 Å². The molecule has 2 atom stereocenters. The third-order valence-corrected chi connectivity index (χ3v) is 4.66. The standard InChI is InChI=1S/C14H26N2O2/c1-11-9-14(13(17)18,10-16(11)2)15-12-7-5-3-4-6-8-12/h11-12,15H,3-10H2,1-2H3,(H,17,18). The van der Waals surface area contributed by atoms with Gasteiger partial charge < -0.3 is 10.0 Å². The van der Waals surface area contributed by atoms with E-state index in [1.54, 1.807) is 0 Å². The van der Waals surface area contributed by atoms with Gasteiger partial charge in [-0.2, -0.15) is 0 Å². The zero-order valence-electron chi connectivity index (χ0n) is 11.6. The third-order valence-electron chi connectivity index (χ3n) is 4.66. The Morgan fingerprint density at radius 1 is 1.28 bits per heavy atom. The van der Waals surface area contributed by atoms with Gasteiger partial charge in [0, 0.05) is 18.6 Å². The number of carboxylic acid groups (broad SMARTS) is 1. The van der Waals surface area contributed by atoms with Gasteiger partial charge in [-0.15, -0.1) is 0 Å². The molecule has 0 bridgehead atoms. The average molecular weight is 254 g/mol. The number of nitrogens with one attached hydrogen (secondary N) is 1. The molecule has 1 saturated carbocycles. The Morgan fingerprint density at radius 2 is 1.89 bits per heavy atom. The van der Waals surface area contributed by atoms with E-state index >= 15 is 0 Å². The van der Waals surface area contributed by atoms with E-state index in [4.69, 9.17) is 0 Å². The van der Waals surface area contributed by atoms with Crippen molar-refractivity contribution in [2.45, 2.75) is 69.5 Å². The molecule has 0 radical (unpaired) electrons. The molecule has 1 saturated heterocycles. The highest BCUT2D eigenvalue weighted by molar-refractivity contribution is 5.80. The molecular formula is C14H26N2O2. The van der Waals surface area contributed by atoms with Gasteiger partial charge in [0.1, 0.15) is 5.54 Å². The van der Waals surface area contributed by atoms with Crippen LogP contribution in [-0.2, 0) is 4.79 Å². The number of hydrogen-bond donors (Lipinski definition) is 2. The molecule has 0 aromatic carbocycles. The summed E-state index contributed by atoms with van der Waals surface area (Å²) >= 11 is 0. The number of aliphatic carboxylic acids is 1. The van der Waals surface area contributed by atoms with E-state index in [0.29, 0.717) is 18.6 Å². The lowest BCUT2D eigenvalue weighted by atomic mass is 9.93. The van der Waals surface area contributed by atoms with Crippen LogP contribution in [0.25, 0.3) is 0 Å². The summed E-state index contributed by atoms with van der Waals surface area (Å²) in [6.45, 7) is 2.74. The highest BCUT2D eigenvalue weighted by atomic mass is 16.4. The summed E-state index contributed by atoms with van der Waals surface area (Å²) in [6.07, 6.45) is 8.05. The lowest BCUT2D eigenvalue weighted by molar-refractivity contribution is -0.144. The van der Waals surface area contributed by atoms with Crippen molar-refractivity contribution in [2.75, 3.05) is 13.6 Å². The Balaban J connectivity index is 2.04. The van der Waals surface area contributed by atoms with Gasteiger partial charge in [0.15, 0.2) is 0 Å². The van der Waals surface area contributed by atoms with Crippen LogP contribution < -0.4 is 5.32 Å². The largest absolute Gasteiger partial charge is 0.480 e. The fraction of sp³-hybridized carbons (Fsp3) is 0.929. The molecule has 104 valence electrons. The summed E-state index contributed by atoms with van der Waals surface area (Å²) in [6, 6.07) is 0.738. The minimum absolute atomic E-state index is 0.347. The van der Waals surface area contributed by atoms with E-state index < -0.39 is 11.5 Å². The van der Waals surface area contributed by atoms with Crippen molar-refractivity contribution in [1.82, 2.24) is 10.2 Å². The highest BCUT2D eigenvalue weighted by Crippen LogP contribution is 2.29. The number of rotatable bonds is 3. The smallest absolute Gasteiger partial charge is 0.325 e. The molecule has 0 amide bonds. The molecule has 2 unspecified atom stereocenters. The van der Waals surface area contributed by atoms with E-state index in [-0.39, 0.29) is 0 Å². The van der Waals surface area contributed by atoms with Gasteiger partial charge >= 0.3 is 5.97 Å². The Morgan fingerprint density at radius 3 is 2.33 bits per heavy atom. The molecule has 0 aromatic heterocycles. The maximum absolute atomic E-state index is 11.7. The summed E-state index contributed by atoms with van der Waals surface area (Å²) in [5, 5.41) is 13.1. The van der Waals surface area contributed by atoms with Crippen LogP contribution >= 0.6 is 0 Å². The van der Waals surface area contributed by atoms with Crippen LogP contribution in [0.5, 0.6) is 0 Å². The fourth-order valence-corrected chi connectivity index (χ4v) is 3.44. The molecule has 4 nitrogen and oxygen atoms in total. The van der Waals surface area contributed by atoms with E-state index in [1.165, 1.54) is 25.7 Å². The van der Waals surface area contributed by atoms with Crippen LogP contribution in [0, 0.1) is 0 Å². The van der Waals surface area contributed by atoms with Crippen molar-refractivity contribution in [3.63, 3.8) is 0 Å².